The van der Waals surface area contributed by atoms with E-state index in [1.54, 1.807) is 7.11 Å². The monoisotopic (exact) mass is 504 g/mol. The zero-order valence-corrected chi connectivity index (χ0v) is 21.3. The number of halogens is 1. The van der Waals surface area contributed by atoms with E-state index in [2.05, 4.69) is 4.90 Å². The molecule has 0 aliphatic carbocycles. The quantitative estimate of drug-likeness (QED) is 0.327. The molecule has 1 aliphatic rings. The van der Waals surface area contributed by atoms with Crippen molar-refractivity contribution in [1.82, 2.24) is 19.6 Å². The molecule has 36 heavy (non-hydrogen) atoms. The fourth-order valence-electron chi connectivity index (χ4n) is 4.72. The molecule has 1 aliphatic heterocycles. The number of para-hydroxylation sites is 2. The predicted octanol–water partition coefficient (Wildman–Crippen LogP) is 5.30. The molecule has 186 valence electrons. The van der Waals surface area contributed by atoms with Gasteiger partial charge in [-0.1, -0.05) is 30.3 Å². The van der Waals surface area contributed by atoms with Gasteiger partial charge in [0.1, 0.15) is 17.3 Å². The van der Waals surface area contributed by atoms with Crippen molar-refractivity contribution in [3.05, 3.63) is 99.3 Å². The number of rotatable bonds is 8. The van der Waals surface area contributed by atoms with E-state index in [1.165, 1.54) is 23.5 Å². The van der Waals surface area contributed by atoms with Crippen molar-refractivity contribution in [2.24, 2.45) is 0 Å². The second kappa shape index (κ2) is 10.6. The molecule has 2 aromatic heterocycles. The van der Waals surface area contributed by atoms with Gasteiger partial charge in [-0.3, -0.25) is 9.69 Å². The van der Waals surface area contributed by atoms with Gasteiger partial charge in [-0.2, -0.15) is 5.10 Å². The van der Waals surface area contributed by atoms with Crippen LogP contribution in [0.4, 0.5) is 4.39 Å². The standard InChI is InChI=1S/C28H29FN4O2S/c1-3-32(28(34)27-9-6-16-36-27)19-23-22-18-31(17-20-10-12-21(29)13-11-20)15-14-24(22)33(30-23)25-7-4-5-8-26(25)35-2/h4-13,16H,3,14-15,17-19H2,1-2H3. The number of amides is 1. The molecular weight excluding hydrogens is 475 g/mol. The molecule has 6 nitrogen and oxygen atoms in total. The number of ether oxygens (including phenoxy) is 1. The van der Waals surface area contributed by atoms with Crippen LogP contribution >= 0.6 is 11.3 Å². The Balaban J connectivity index is 1.49. The molecule has 0 spiro atoms. The van der Waals surface area contributed by atoms with Crippen molar-refractivity contribution in [3.63, 3.8) is 0 Å². The smallest absolute Gasteiger partial charge is 0.264 e. The van der Waals surface area contributed by atoms with Gasteiger partial charge in [0, 0.05) is 38.2 Å². The van der Waals surface area contributed by atoms with Gasteiger partial charge >= 0.3 is 0 Å². The van der Waals surface area contributed by atoms with Crippen molar-refractivity contribution in [3.8, 4) is 11.4 Å². The third kappa shape index (κ3) is 4.92. The molecule has 0 unspecified atom stereocenters. The van der Waals surface area contributed by atoms with E-state index in [-0.39, 0.29) is 11.7 Å². The minimum absolute atomic E-state index is 0.0204. The van der Waals surface area contributed by atoms with Crippen LogP contribution in [0.3, 0.4) is 0 Å². The van der Waals surface area contributed by atoms with Crippen LogP contribution in [0.5, 0.6) is 5.75 Å². The fraction of sp³-hybridized carbons (Fsp3) is 0.286. The highest BCUT2D eigenvalue weighted by Gasteiger charge is 2.28. The first-order valence-electron chi connectivity index (χ1n) is 12.1. The lowest BCUT2D eigenvalue weighted by Crippen LogP contribution is -2.33. The van der Waals surface area contributed by atoms with Crippen LogP contribution in [0.15, 0.2) is 66.0 Å². The van der Waals surface area contributed by atoms with Gasteiger partial charge in [-0.25, -0.2) is 9.07 Å². The van der Waals surface area contributed by atoms with Crippen molar-refractivity contribution < 1.29 is 13.9 Å². The summed E-state index contributed by atoms with van der Waals surface area (Å²) < 4.78 is 21.0. The Labute approximate surface area is 214 Å². The van der Waals surface area contributed by atoms with E-state index in [0.29, 0.717) is 19.6 Å². The minimum atomic E-state index is -0.227. The van der Waals surface area contributed by atoms with Gasteiger partial charge < -0.3 is 9.64 Å². The molecule has 0 atom stereocenters. The third-order valence-corrected chi connectivity index (χ3v) is 7.45. The molecule has 0 N–H and O–H groups in total. The van der Waals surface area contributed by atoms with E-state index < -0.39 is 0 Å². The first kappa shape index (κ1) is 24.2. The Hall–Kier alpha value is -3.49. The first-order valence-corrected chi connectivity index (χ1v) is 13.0. The maximum Gasteiger partial charge on any atom is 0.264 e. The number of aromatic nitrogens is 2. The maximum atomic E-state index is 13.4. The predicted molar refractivity (Wildman–Crippen MR) is 139 cm³/mol. The van der Waals surface area contributed by atoms with Gasteiger partial charge in [0.25, 0.3) is 5.91 Å². The highest BCUT2D eigenvalue weighted by molar-refractivity contribution is 7.12. The van der Waals surface area contributed by atoms with E-state index in [4.69, 9.17) is 9.84 Å². The van der Waals surface area contributed by atoms with Gasteiger partial charge in [0.2, 0.25) is 0 Å². The zero-order chi connectivity index (χ0) is 25.1. The SMILES string of the molecule is CCN(Cc1nn(-c2ccccc2OC)c2c1CN(Cc1ccc(F)cc1)CC2)C(=O)c1cccs1. The highest BCUT2D eigenvalue weighted by Crippen LogP contribution is 2.31. The fourth-order valence-corrected chi connectivity index (χ4v) is 5.41. The summed E-state index contributed by atoms with van der Waals surface area (Å²) in [5.74, 6) is 0.548. The van der Waals surface area contributed by atoms with E-state index >= 15 is 0 Å². The summed E-state index contributed by atoms with van der Waals surface area (Å²) in [6.07, 6.45) is 0.812. The van der Waals surface area contributed by atoms with E-state index in [0.717, 1.165) is 58.3 Å². The molecule has 0 saturated heterocycles. The molecule has 0 bridgehead atoms. The summed E-state index contributed by atoms with van der Waals surface area (Å²) in [6, 6.07) is 18.3. The Morgan fingerprint density at radius 2 is 1.94 bits per heavy atom. The lowest BCUT2D eigenvalue weighted by Gasteiger charge is -2.28. The first-order chi connectivity index (χ1) is 17.6. The van der Waals surface area contributed by atoms with Crippen LogP contribution in [-0.4, -0.2) is 45.7 Å². The summed E-state index contributed by atoms with van der Waals surface area (Å²) in [4.78, 5) is 18.1. The Kier molecular flexibility index (Phi) is 7.16. The summed E-state index contributed by atoms with van der Waals surface area (Å²) >= 11 is 1.46. The van der Waals surface area contributed by atoms with Crippen molar-refractivity contribution in [2.45, 2.75) is 33.0 Å². The second-order valence-corrected chi connectivity index (χ2v) is 9.79. The summed E-state index contributed by atoms with van der Waals surface area (Å²) in [5.41, 5.74) is 5.14. The van der Waals surface area contributed by atoms with Crippen LogP contribution in [0.25, 0.3) is 5.69 Å². The Morgan fingerprint density at radius 1 is 1.14 bits per heavy atom. The van der Waals surface area contributed by atoms with Gasteiger partial charge in [-0.05, 0) is 48.2 Å². The molecule has 8 heteroatoms. The largest absolute Gasteiger partial charge is 0.494 e. The molecule has 4 aromatic rings. The molecule has 0 fully saturated rings. The second-order valence-electron chi connectivity index (χ2n) is 8.84. The van der Waals surface area contributed by atoms with E-state index in [9.17, 15) is 9.18 Å². The average Bonchev–Trinajstić information content (AvgIpc) is 3.57. The average molecular weight is 505 g/mol. The molecule has 3 heterocycles. The topological polar surface area (TPSA) is 50.6 Å². The molecular formula is C28H29FN4O2S. The van der Waals surface area contributed by atoms with Crippen molar-refractivity contribution in [2.75, 3.05) is 20.2 Å². The molecule has 5 rings (SSSR count). The number of carbonyl (C=O) groups excluding carboxylic acids is 1. The zero-order valence-electron chi connectivity index (χ0n) is 20.5. The van der Waals surface area contributed by atoms with Crippen LogP contribution < -0.4 is 4.74 Å². The third-order valence-electron chi connectivity index (χ3n) is 6.59. The van der Waals surface area contributed by atoms with Gasteiger partial charge in [-0.15, -0.1) is 11.3 Å². The molecule has 1 amide bonds. The highest BCUT2D eigenvalue weighted by atomic mass is 32.1. The van der Waals surface area contributed by atoms with Gasteiger partial charge in [0.05, 0.1) is 29.9 Å². The van der Waals surface area contributed by atoms with Crippen LogP contribution in [0, 0.1) is 5.82 Å². The number of hydrogen-bond donors (Lipinski definition) is 0. The molecule has 0 saturated carbocycles. The number of hydrogen-bond acceptors (Lipinski definition) is 5. The Morgan fingerprint density at radius 3 is 2.67 bits per heavy atom. The van der Waals surface area contributed by atoms with Crippen molar-refractivity contribution in [1.29, 1.82) is 0 Å². The summed E-state index contributed by atoms with van der Waals surface area (Å²) in [5, 5.41) is 6.97. The maximum absolute atomic E-state index is 13.4. The lowest BCUT2D eigenvalue weighted by molar-refractivity contribution is 0.0754. The normalized spacial score (nSPS) is 13.4. The number of thiophene rings is 1. The Bertz CT molecular complexity index is 1330. The lowest BCUT2D eigenvalue weighted by atomic mass is 10.0. The van der Waals surface area contributed by atoms with E-state index in [1.807, 2.05) is 70.4 Å². The van der Waals surface area contributed by atoms with Crippen molar-refractivity contribution >= 4 is 17.2 Å². The summed E-state index contributed by atoms with van der Waals surface area (Å²) in [6.45, 7) is 5.31. The van der Waals surface area contributed by atoms with Gasteiger partial charge in [0.15, 0.2) is 0 Å². The van der Waals surface area contributed by atoms with Crippen LogP contribution in [0.1, 0.15) is 39.1 Å². The minimum Gasteiger partial charge on any atom is -0.494 e. The number of fused-ring (bicyclic) bond motifs is 1. The number of benzene rings is 2. The number of nitrogens with zero attached hydrogens (tertiary/aromatic N) is 4. The van der Waals surface area contributed by atoms with Crippen LogP contribution in [-0.2, 0) is 26.1 Å². The number of methoxy groups -OCH3 is 1. The molecule has 0 radical (unpaired) electrons. The number of carbonyl (C=O) groups is 1. The molecule has 2 aromatic carbocycles. The van der Waals surface area contributed by atoms with Crippen LogP contribution in [0.2, 0.25) is 0 Å². The summed E-state index contributed by atoms with van der Waals surface area (Å²) in [7, 11) is 1.67.